The van der Waals surface area contributed by atoms with Crippen LogP contribution in [-0.2, 0) is 17.6 Å². The zero-order chi connectivity index (χ0) is 16.5. The van der Waals surface area contributed by atoms with E-state index in [9.17, 15) is 4.79 Å². The number of carbonyl (C=O) groups excluding carboxylic acids is 1. The van der Waals surface area contributed by atoms with Gasteiger partial charge in [0.15, 0.2) is 0 Å². The van der Waals surface area contributed by atoms with Gasteiger partial charge in [0.05, 0.1) is 0 Å². The molecular formula is C21H30N2O. The van der Waals surface area contributed by atoms with Crippen LogP contribution in [-0.4, -0.2) is 18.0 Å². The van der Waals surface area contributed by atoms with E-state index in [0.29, 0.717) is 36.3 Å². The Morgan fingerprint density at radius 3 is 2.54 bits per heavy atom. The lowest BCUT2D eigenvalue weighted by Gasteiger charge is -2.45. The molecule has 0 heterocycles. The summed E-state index contributed by atoms with van der Waals surface area (Å²) in [5.74, 6) is 2.01. The van der Waals surface area contributed by atoms with Crippen LogP contribution in [0, 0.1) is 17.8 Å². The van der Waals surface area contributed by atoms with Crippen LogP contribution in [0.4, 0.5) is 0 Å². The Hall–Kier alpha value is -1.35. The molecule has 0 saturated heterocycles. The van der Waals surface area contributed by atoms with E-state index in [1.807, 2.05) is 0 Å². The summed E-state index contributed by atoms with van der Waals surface area (Å²) in [6, 6.07) is 9.45. The van der Waals surface area contributed by atoms with Gasteiger partial charge >= 0.3 is 0 Å². The second kappa shape index (κ2) is 6.87. The van der Waals surface area contributed by atoms with Crippen molar-refractivity contribution in [2.24, 2.45) is 23.5 Å². The average Bonchev–Trinajstić information content (AvgIpc) is 2.55. The van der Waals surface area contributed by atoms with E-state index >= 15 is 0 Å². The van der Waals surface area contributed by atoms with Crippen molar-refractivity contribution in [3.63, 3.8) is 0 Å². The summed E-state index contributed by atoms with van der Waals surface area (Å²) in [6.45, 7) is 0. The topological polar surface area (TPSA) is 55.1 Å². The smallest absolute Gasteiger partial charge is 0.220 e. The van der Waals surface area contributed by atoms with Gasteiger partial charge in [0.1, 0.15) is 0 Å². The molecule has 1 aromatic rings. The lowest BCUT2D eigenvalue weighted by Crippen LogP contribution is -2.53. The van der Waals surface area contributed by atoms with Crippen molar-refractivity contribution < 1.29 is 4.79 Å². The number of nitrogens with one attached hydrogen (secondary N) is 1. The van der Waals surface area contributed by atoms with Crippen LogP contribution in [0.15, 0.2) is 24.3 Å². The monoisotopic (exact) mass is 326 g/mol. The molecule has 3 aliphatic carbocycles. The van der Waals surface area contributed by atoms with Crippen molar-refractivity contribution in [3.05, 3.63) is 35.4 Å². The van der Waals surface area contributed by atoms with Crippen LogP contribution in [0.1, 0.15) is 56.1 Å². The fourth-order valence-corrected chi connectivity index (χ4v) is 5.48. The van der Waals surface area contributed by atoms with Crippen LogP contribution in [0.2, 0.25) is 0 Å². The average molecular weight is 326 g/mol. The van der Waals surface area contributed by atoms with Gasteiger partial charge in [-0.3, -0.25) is 4.79 Å². The van der Waals surface area contributed by atoms with Gasteiger partial charge in [0.2, 0.25) is 5.91 Å². The molecule has 130 valence electrons. The van der Waals surface area contributed by atoms with Gasteiger partial charge in [-0.25, -0.2) is 0 Å². The van der Waals surface area contributed by atoms with Crippen molar-refractivity contribution in [3.8, 4) is 0 Å². The summed E-state index contributed by atoms with van der Waals surface area (Å²) in [5.41, 5.74) is 9.12. The Morgan fingerprint density at radius 1 is 1.08 bits per heavy atom. The number of benzene rings is 1. The number of amides is 1. The standard InChI is InChI=1S/C21H30N2O/c22-19-12-17-6-3-7-18(13-19)21(17)23-20(24)11-14-8-9-15-4-1-2-5-16(15)10-14/h1-2,4-5,14,17-19,21H,3,6-13,22H2,(H,23,24). The van der Waals surface area contributed by atoms with Crippen molar-refractivity contribution in [1.29, 1.82) is 0 Å². The third-order valence-corrected chi connectivity index (χ3v) is 6.63. The summed E-state index contributed by atoms with van der Waals surface area (Å²) in [5, 5.41) is 3.42. The Bertz CT molecular complexity index is 585. The molecule has 3 N–H and O–H groups in total. The Balaban J connectivity index is 1.34. The van der Waals surface area contributed by atoms with Crippen LogP contribution in [0.5, 0.6) is 0 Å². The second-order valence-electron chi connectivity index (χ2n) is 8.36. The Morgan fingerprint density at radius 2 is 1.79 bits per heavy atom. The highest BCUT2D eigenvalue weighted by atomic mass is 16.1. The highest BCUT2D eigenvalue weighted by Gasteiger charge is 2.40. The SMILES string of the molecule is NC1CC2CCCC(C1)C2NC(=O)CC1CCc2ccccc2C1. The molecule has 4 rings (SSSR count). The molecule has 24 heavy (non-hydrogen) atoms. The summed E-state index contributed by atoms with van der Waals surface area (Å²) < 4.78 is 0. The van der Waals surface area contributed by atoms with Crippen LogP contribution < -0.4 is 11.1 Å². The third-order valence-electron chi connectivity index (χ3n) is 6.63. The number of fused-ring (bicyclic) bond motifs is 3. The Kier molecular flexibility index (Phi) is 4.62. The maximum atomic E-state index is 12.7. The number of hydrogen-bond acceptors (Lipinski definition) is 2. The molecule has 3 unspecified atom stereocenters. The molecule has 2 bridgehead atoms. The minimum Gasteiger partial charge on any atom is -0.353 e. The number of carbonyl (C=O) groups is 1. The van der Waals surface area contributed by atoms with Gasteiger partial charge in [0, 0.05) is 18.5 Å². The molecule has 3 heteroatoms. The molecule has 0 aliphatic heterocycles. The summed E-state index contributed by atoms with van der Waals surface area (Å²) in [6.07, 6.45) is 10.0. The highest BCUT2D eigenvalue weighted by molar-refractivity contribution is 5.76. The molecule has 3 nitrogen and oxygen atoms in total. The van der Waals surface area contributed by atoms with E-state index in [2.05, 4.69) is 29.6 Å². The van der Waals surface area contributed by atoms with Gasteiger partial charge in [-0.05, 0) is 73.8 Å². The number of nitrogens with two attached hydrogens (primary N) is 1. The van der Waals surface area contributed by atoms with E-state index in [1.54, 1.807) is 0 Å². The van der Waals surface area contributed by atoms with E-state index in [1.165, 1.54) is 30.4 Å². The summed E-state index contributed by atoms with van der Waals surface area (Å²) in [7, 11) is 0. The normalized spacial score (nSPS) is 35.1. The van der Waals surface area contributed by atoms with Crippen LogP contribution >= 0.6 is 0 Å². The lowest BCUT2D eigenvalue weighted by atomic mass is 9.67. The molecule has 2 saturated carbocycles. The number of rotatable bonds is 3. The summed E-state index contributed by atoms with van der Waals surface area (Å²) >= 11 is 0. The molecule has 2 fully saturated rings. The second-order valence-corrected chi connectivity index (χ2v) is 8.36. The molecule has 3 atom stereocenters. The predicted octanol–water partition coefficient (Wildman–Crippen LogP) is 3.20. The minimum absolute atomic E-state index is 0.275. The first-order chi connectivity index (χ1) is 11.7. The van der Waals surface area contributed by atoms with E-state index < -0.39 is 0 Å². The van der Waals surface area contributed by atoms with Gasteiger partial charge in [0.25, 0.3) is 0 Å². The van der Waals surface area contributed by atoms with Crippen molar-refractivity contribution in [2.45, 2.75) is 69.9 Å². The Labute approximate surface area is 145 Å². The maximum absolute atomic E-state index is 12.7. The highest BCUT2D eigenvalue weighted by Crippen LogP contribution is 2.39. The number of hydrogen-bond donors (Lipinski definition) is 2. The van der Waals surface area contributed by atoms with Gasteiger partial charge in [-0.1, -0.05) is 30.7 Å². The van der Waals surface area contributed by atoms with Crippen molar-refractivity contribution in [1.82, 2.24) is 5.32 Å². The molecule has 0 radical (unpaired) electrons. The molecule has 1 amide bonds. The van der Waals surface area contributed by atoms with E-state index in [4.69, 9.17) is 5.73 Å². The molecule has 0 aromatic heterocycles. The first-order valence-corrected chi connectivity index (χ1v) is 9.81. The maximum Gasteiger partial charge on any atom is 0.220 e. The molecule has 3 aliphatic rings. The molecule has 0 spiro atoms. The largest absolute Gasteiger partial charge is 0.353 e. The minimum atomic E-state index is 0.275. The van der Waals surface area contributed by atoms with Gasteiger partial charge in [-0.15, -0.1) is 0 Å². The van der Waals surface area contributed by atoms with Crippen LogP contribution in [0.3, 0.4) is 0 Å². The zero-order valence-corrected chi connectivity index (χ0v) is 14.5. The van der Waals surface area contributed by atoms with E-state index in [0.717, 1.165) is 32.1 Å². The van der Waals surface area contributed by atoms with Crippen molar-refractivity contribution in [2.75, 3.05) is 0 Å². The zero-order valence-electron chi connectivity index (χ0n) is 14.5. The number of aryl methyl sites for hydroxylation is 1. The van der Waals surface area contributed by atoms with Gasteiger partial charge in [-0.2, -0.15) is 0 Å². The first kappa shape index (κ1) is 16.1. The van der Waals surface area contributed by atoms with E-state index in [-0.39, 0.29) is 5.91 Å². The van der Waals surface area contributed by atoms with Crippen molar-refractivity contribution >= 4 is 5.91 Å². The molecule has 1 aromatic carbocycles. The third kappa shape index (κ3) is 3.37. The lowest BCUT2D eigenvalue weighted by molar-refractivity contribution is -0.124. The quantitative estimate of drug-likeness (QED) is 0.896. The summed E-state index contributed by atoms with van der Waals surface area (Å²) in [4.78, 5) is 12.7. The predicted molar refractivity (Wildman–Crippen MR) is 96.5 cm³/mol. The first-order valence-electron chi connectivity index (χ1n) is 9.81. The molecular weight excluding hydrogens is 296 g/mol. The fourth-order valence-electron chi connectivity index (χ4n) is 5.48. The van der Waals surface area contributed by atoms with Gasteiger partial charge < -0.3 is 11.1 Å². The van der Waals surface area contributed by atoms with Crippen LogP contribution in [0.25, 0.3) is 0 Å². The fraction of sp³-hybridized carbons (Fsp3) is 0.667.